The van der Waals surface area contributed by atoms with Crippen molar-refractivity contribution >= 4 is 26.0 Å². The van der Waals surface area contributed by atoms with E-state index in [9.17, 15) is 8.42 Å². The lowest BCUT2D eigenvalue weighted by Gasteiger charge is -2.31. The highest BCUT2D eigenvalue weighted by molar-refractivity contribution is 9.10. The summed E-state index contributed by atoms with van der Waals surface area (Å²) in [6.07, 6.45) is 0. The third-order valence-electron chi connectivity index (χ3n) is 3.15. The second-order valence-electron chi connectivity index (χ2n) is 4.74. The zero-order chi connectivity index (χ0) is 14.8. The first kappa shape index (κ1) is 15.8. The van der Waals surface area contributed by atoms with Crippen LogP contribution in [0.3, 0.4) is 0 Å². The zero-order valence-electron chi connectivity index (χ0n) is 11.6. The van der Waals surface area contributed by atoms with Crippen molar-refractivity contribution in [1.29, 1.82) is 0 Å². The number of nitrogens with zero attached hydrogens (tertiary/aromatic N) is 1. The zero-order valence-corrected chi connectivity index (χ0v) is 14.0. The summed E-state index contributed by atoms with van der Waals surface area (Å²) in [4.78, 5) is 0.225. The Hall–Kier alpha value is -0.630. The van der Waals surface area contributed by atoms with E-state index < -0.39 is 10.0 Å². The molecule has 0 bridgehead atoms. The van der Waals surface area contributed by atoms with E-state index in [-0.39, 0.29) is 10.9 Å². The first-order chi connectivity index (χ1) is 9.45. The Morgan fingerprint density at radius 1 is 1.50 bits per heavy atom. The third kappa shape index (κ3) is 3.33. The van der Waals surface area contributed by atoms with Crippen LogP contribution in [0, 0.1) is 0 Å². The summed E-state index contributed by atoms with van der Waals surface area (Å²) < 4.78 is 33.2. The molecular weight excluding hydrogens is 344 g/mol. The highest BCUT2D eigenvalue weighted by Crippen LogP contribution is 2.30. The molecule has 112 valence electrons. The van der Waals surface area contributed by atoms with Crippen LogP contribution in [0.2, 0.25) is 0 Å². The average molecular weight is 363 g/mol. The molecule has 1 aliphatic rings. The minimum atomic E-state index is -3.53. The van der Waals surface area contributed by atoms with Crippen LogP contribution in [-0.4, -0.2) is 45.0 Å². The van der Waals surface area contributed by atoms with Crippen LogP contribution < -0.4 is 10.1 Å². The number of benzene rings is 1. The first-order valence-corrected chi connectivity index (χ1v) is 8.84. The predicted molar refractivity (Wildman–Crippen MR) is 81.5 cm³/mol. The van der Waals surface area contributed by atoms with Gasteiger partial charge in [-0.05, 0) is 32.0 Å². The second-order valence-corrected chi connectivity index (χ2v) is 7.56. The summed E-state index contributed by atoms with van der Waals surface area (Å²) in [6.45, 7) is 5.86. The Kier molecular flexibility index (Phi) is 5.06. The van der Waals surface area contributed by atoms with Crippen molar-refractivity contribution in [3.8, 4) is 5.75 Å². The van der Waals surface area contributed by atoms with Gasteiger partial charge in [-0.1, -0.05) is 15.9 Å². The average Bonchev–Trinajstić information content (AvgIpc) is 2.41. The van der Waals surface area contributed by atoms with Crippen LogP contribution in [0.4, 0.5) is 0 Å². The molecule has 1 aliphatic heterocycles. The van der Waals surface area contributed by atoms with Crippen molar-refractivity contribution in [2.75, 3.05) is 26.2 Å². The second kappa shape index (κ2) is 6.43. The summed E-state index contributed by atoms with van der Waals surface area (Å²) in [5.74, 6) is 0.405. The van der Waals surface area contributed by atoms with Crippen molar-refractivity contribution in [1.82, 2.24) is 9.62 Å². The van der Waals surface area contributed by atoms with Crippen LogP contribution in [0.15, 0.2) is 27.6 Å². The maximum absolute atomic E-state index is 12.8. The lowest BCUT2D eigenvalue weighted by molar-refractivity contribution is 0.304. The van der Waals surface area contributed by atoms with Gasteiger partial charge in [0, 0.05) is 30.1 Å². The summed E-state index contributed by atoms with van der Waals surface area (Å²) in [6, 6.07) is 5.23. The van der Waals surface area contributed by atoms with Crippen LogP contribution >= 0.6 is 15.9 Å². The van der Waals surface area contributed by atoms with E-state index in [1.54, 1.807) is 18.2 Å². The van der Waals surface area contributed by atoms with Gasteiger partial charge in [0.1, 0.15) is 10.6 Å². The van der Waals surface area contributed by atoms with E-state index in [2.05, 4.69) is 21.2 Å². The number of hydrogen-bond donors (Lipinski definition) is 1. The van der Waals surface area contributed by atoms with Crippen molar-refractivity contribution in [2.24, 2.45) is 0 Å². The van der Waals surface area contributed by atoms with E-state index in [0.717, 1.165) is 4.47 Å². The first-order valence-electron chi connectivity index (χ1n) is 6.61. The van der Waals surface area contributed by atoms with Gasteiger partial charge in [-0.15, -0.1) is 0 Å². The van der Waals surface area contributed by atoms with E-state index in [1.165, 1.54) is 4.31 Å². The van der Waals surface area contributed by atoms with Crippen LogP contribution in [0.25, 0.3) is 0 Å². The van der Waals surface area contributed by atoms with E-state index >= 15 is 0 Å². The molecule has 1 atom stereocenters. The number of sulfonamides is 1. The highest BCUT2D eigenvalue weighted by atomic mass is 79.9. The molecule has 0 aromatic heterocycles. The van der Waals surface area contributed by atoms with Gasteiger partial charge in [-0.2, -0.15) is 4.31 Å². The molecule has 0 amide bonds. The number of halogens is 1. The molecule has 0 radical (unpaired) electrons. The van der Waals surface area contributed by atoms with Crippen LogP contribution in [0.5, 0.6) is 5.75 Å². The third-order valence-corrected chi connectivity index (χ3v) is 5.53. The van der Waals surface area contributed by atoms with E-state index in [1.807, 2.05) is 13.8 Å². The van der Waals surface area contributed by atoms with Crippen molar-refractivity contribution in [3.63, 3.8) is 0 Å². The molecule has 1 aromatic carbocycles. The fourth-order valence-electron chi connectivity index (χ4n) is 2.21. The summed E-state index contributed by atoms with van der Waals surface area (Å²) in [5, 5.41) is 3.24. The number of rotatable bonds is 4. The van der Waals surface area contributed by atoms with Gasteiger partial charge in [0.25, 0.3) is 0 Å². The normalized spacial score (nSPS) is 20.9. The lowest BCUT2D eigenvalue weighted by atomic mass is 10.3. The van der Waals surface area contributed by atoms with Gasteiger partial charge in [0.2, 0.25) is 10.0 Å². The maximum Gasteiger partial charge on any atom is 0.246 e. The van der Waals surface area contributed by atoms with Gasteiger partial charge >= 0.3 is 0 Å². The van der Waals surface area contributed by atoms with Gasteiger partial charge in [-0.25, -0.2) is 8.42 Å². The van der Waals surface area contributed by atoms with Gasteiger partial charge in [-0.3, -0.25) is 0 Å². The molecule has 7 heteroatoms. The molecule has 5 nitrogen and oxygen atoms in total. The molecular formula is C13H19BrN2O3S. The molecule has 1 N–H and O–H groups in total. The minimum absolute atomic E-state index is 0.154. The smallest absolute Gasteiger partial charge is 0.246 e. The predicted octanol–water partition coefficient (Wildman–Crippen LogP) is 1.83. The van der Waals surface area contributed by atoms with Crippen molar-refractivity contribution in [3.05, 3.63) is 22.7 Å². The quantitative estimate of drug-likeness (QED) is 0.887. The molecule has 0 saturated carbocycles. The molecule has 1 aromatic rings. The van der Waals surface area contributed by atoms with Crippen LogP contribution in [0.1, 0.15) is 13.8 Å². The highest BCUT2D eigenvalue weighted by Gasteiger charge is 2.31. The molecule has 20 heavy (non-hydrogen) atoms. The molecule has 1 heterocycles. The van der Waals surface area contributed by atoms with E-state index in [0.29, 0.717) is 32.0 Å². The molecule has 1 unspecified atom stereocenters. The summed E-state index contributed by atoms with van der Waals surface area (Å²) in [7, 11) is -3.53. The fourth-order valence-corrected chi connectivity index (χ4v) is 4.41. The minimum Gasteiger partial charge on any atom is -0.492 e. The SMILES string of the molecule is CCOc1ccc(Br)cc1S(=O)(=O)N1CCNC(C)C1. The topological polar surface area (TPSA) is 58.6 Å². The van der Waals surface area contributed by atoms with Gasteiger partial charge < -0.3 is 10.1 Å². The Morgan fingerprint density at radius 2 is 2.25 bits per heavy atom. The Labute approximate surface area is 128 Å². The number of hydrogen-bond acceptors (Lipinski definition) is 4. The Morgan fingerprint density at radius 3 is 2.90 bits per heavy atom. The number of piperazine rings is 1. The fraction of sp³-hybridized carbons (Fsp3) is 0.538. The standard InChI is InChI=1S/C13H19BrN2O3S/c1-3-19-12-5-4-11(14)8-13(12)20(17,18)16-7-6-15-10(2)9-16/h4-5,8,10,15H,3,6-7,9H2,1-2H3. The largest absolute Gasteiger partial charge is 0.492 e. The summed E-state index contributed by atoms with van der Waals surface area (Å²) >= 11 is 3.32. The van der Waals surface area contributed by atoms with Crippen molar-refractivity contribution < 1.29 is 13.2 Å². The molecule has 1 fully saturated rings. The molecule has 0 spiro atoms. The Balaban J connectivity index is 2.40. The Bertz CT molecular complexity index is 577. The molecule has 2 rings (SSSR count). The van der Waals surface area contributed by atoms with Crippen molar-refractivity contribution in [2.45, 2.75) is 24.8 Å². The number of ether oxygens (including phenoxy) is 1. The van der Waals surface area contributed by atoms with Gasteiger partial charge in [0.05, 0.1) is 6.61 Å². The monoisotopic (exact) mass is 362 g/mol. The molecule has 0 aliphatic carbocycles. The van der Waals surface area contributed by atoms with Gasteiger partial charge in [0.15, 0.2) is 0 Å². The number of nitrogens with one attached hydrogen (secondary N) is 1. The summed E-state index contributed by atoms with van der Waals surface area (Å²) in [5.41, 5.74) is 0. The van der Waals surface area contributed by atoms with E-state index in [4.69, 9.17) is 4.74 Å². The van der Waals surface area contributed by atoms with Crippen LogP contribution in [-0.2, 0) is 10.0 Å². The molecule has 1 saturated heterocycles. The maximum atomic E-state index is 12.8. The lowest BCUT2D eigenvalue weighted by Crippen LogP contribution is -2.51.